The lowest BCUT2D eigenvalue weighted by Gasteiger charge is -1.85. The second-order valence-electron chi connectivity index (χ2n) is 2.21. The maximum Gasteiger partial charge on any atom is 0.163 e. The summed E-state index contributed by atoms with van der Waals surface area (Å²) in [7, 11) is 0. The summed E-state index contributed by atoms with van der Waals surface area (Å²) in [5.74, 6) is 0.880. The minimum Gasteiger partial charge on any atom is -0.357 e. The standard InChI is InChI=1S/C8H7NO/c1-2-4-7-6-9-10-8(7)5-3-1/h1-3,5-6H,4H2. The molecule has 0 aromatic carbocycles. The van der Waals surface area contributed by atoms with Gasteiger partial charge in [0.05, 0.1) is 6.20 Å². The fraction of sp³-hybridized carbons (Fsp3) is 0.125. The van der Waals surface area contributed by atoms with Crippen molar-refractivity contribution < 1.29 is 4.52 Å². The quantitative estimate of drug-likeness (QED) is 0.539. The summed E-state index contributed by atoms with van der Waals surface area (Å²) in [6.45, 7) is 0. The largest absolute Gasteiger partial charge is 0.357 e. The monoisotopic (exact) mass is 133 g/mol. The summed E-state index contributed by atoms with van der Waals surface area (Å²) in [4.78, 5) is 0. The Balaban J connectivity index is 2.50. The summed E-state index contributed by atoms with van der Waals surface area (Å²) < 4.78 is 4.96. The van der Waals surface area contributed by atoms with Crippen LogP contribution in [0.25, 0.3) is 6.08 Å². The highest BCUT2D eigenvalue weighted by Crippen LogP contribution is 2.13. The second-order valence-corrected chi connectivity index (χ2v) is 2.21. The van der Waals surface area contributed by atoms with E-state index in [9.17, 15) is 0 Å². The van der Waals surface area contributed by atoms with Crippen LogP contribution in [0.15, 0.2) is 28.9 Å². The minimum absolute atomic E-state index is 0.880. The number of rotatable bonds is 0. The van der Waals surface area contributed by atoms with E-state index in [1.807, 2.05) is 18.2 Å². The van der Waals surface area contributed by atoms with Gasteiger partial charge >= 0.3 is 0 Å². The molecule has 0 saturated carbocycles. The first-order chi connectivity index (χ1) is 4.97. The van der Waals surface area contributed by atoms with E-state index in [0.29, 0.717) is 0 Å². The molecule has 2 nitrogen and oxygen atoms in total. The SMILES string of the molecule is C1=CCc2cnoc2C=C1. The van der Waals surface area contributed by atoms with Gasteiger partial charge in [-0.15, -0.1) is 0 Å². The van der Waals surface area contributed by atoms with Crippen molar-refractivity contribution in [2.75, 3.05) is 0 Å². The summed E-state index contributed by atoms with van der Waals surface area (Å²) in [6, 6.07) is 0. The van der Waals surface area contributed by atoms with E-state index >= 15 is 0 Å². The molecule has 1 heterocycles. The molecular formula is C8H7NO. The minimum atomic E-state index is 0.880. The Labute approximate surface area is 58.8 Å². The zero-order valence-corrected chi connectivity index (χ0v) is 5.45. The lowest BCUT2D eigenvalue weighted by molar-refractivity contribution is 0.412. The Morgan fingerprint density at radius 1 is 1.40 bits per heavy atom. The Morgan fingerprint density at radius 3 is 3.40 bits per heavy atom. The number of hydrogen-bond donors (Lipinski definition) is 0. The Hall–Kier alpha value is -1.31. The van der Waals surface area contributed by atoms with Gasteiger partial charge in [0.15, 0.2) is 5.76 Å². The van der Waals surface area contributed by atoms with Crippen LogP contribution in [0.5, 0.6) is 0 Å². The van der Waals surface area contributed by atoms with Gasteiger partial charge in [-0.1, -0.05) is 23.4 Å². The predicted molar refractivity (Wildman–Crippen MR) is 38.4 cm³/mol. The third-order valence-electron chi connectivity index (χ3n) is 1.51. The average molecular weight is 133 g/mol. The molecule has 0 N–H and O–H groups in total. The maximum atomic E-state index is 4.96. The van der Waals surface area contributed by atoms with E-state index in [-0.39, 0.29) is 0 Å². The highest BCUT2D eigenvalue weighted by molar-refractivity contribution is 5.50. The highest BCUT2D eigenvalue weighted by atomic mass is 16.5. The van der Waals surface area contributed by atoms with Gasteiger partial charge in [0.1, 0.15) is 0 Å². The van der Waals surface area contributed by atoms with Crippen LogP contribution < -0.4 is 0 Å². The van der Waals surface area contributed by atoms with E-state index in [1.54, 1.807) is 6.20 Å². The van der Waals surface area contributed by atoms with Crippen molar-refractivity contribution in [3.8, 4) is 0 Å². The zero-order chi connectivity index (χ0) is 6.81. The zero-order valence-electron chi connectivity index (χ0n) is 5.45. The van der Waals surface area contributed by atoms with Gasteiger partial charge in [-0.25, -0.2) is 0 Å². The number of nitrogens with zero attached hydrogens (tertiary/aromatic N) is 1. The van der Waals surface area contributed by atoms with Gasteiger partial charge in [0, 0.05) is 5.56 Å². The molecule has 1 aliphatic carbocycles. The molecule has 0 amide bonds. The lowest BCUT2D eigenvalue weighted by atomic mass is 10.2. The fourth-order valence-corrected chi connectivity index (χ4v) is 0.976. The summed E-state index contributed by atoms with van der Waals surface area (Å²) in [5, 5.41) is 3.69. The van der Waals surface area contributed by atoms with E-state index < -0.39 is 0 Å². The molecule has 0 saturated heterocycles. The Kier molecular flexibility index (Phi) is 1.17. The maximum absolute atomic E-state index is 4.96. The molecule has 0 atom stereocenters. The first-order valence-electron chi connectivity index (χ1n) is 3.23. The number of hydrogen-bond acceptors (Lipinski definition) is 2. The van der Waals surface area contributed by atoms with Crippen molar-refractivity contribution in [2.45, 2.75) is 6.42 Å². The van der Waals surface area contributed by atoms with Crippen molar-refractivity contribution in [1.82, 2.24) is 5.16 Å². The van der Waals surface area contributed by atoms with Crippen LogP contribution in [-0.4, -0.2) is 5.16 Å². The number of aromatic nitrogens is 1. The fourth-order valence-electron chi connectivity index (χ4n) is 0.976. The van der Waals surface area contributed by atoms with Gasteiger partial charge in [-0.2, -0.15) is 0 Å². The van der Waals surface area contributed by atoms with E-state index in [1.165, 1.54) is 0 Å². The van der Waals surface area contributed by atoms with E-state index in [0.717, 1.165) is 17.7 Å². The van der Waals surface area contributed by atoms with E-state index in [2.05, 4.69) is 11.2 Å². The van der Waals surface area contributed by atoms with Crippen LogP contribution in [-0.2, 0) is 6.42 Å². The smallest absolute Gasteiger partial charge is 0.163 e. The molecule has 50 valence electrons. The van der Waals surface area contributed by atoms with Crippen molar-refractivity contribution in [3.63, 3.8) is 0 Å². The molecular weight excluding hydrogens is 126 g/mol. The first-order valence-corrected chi connectivity index (χ1v) is 3.23. The van der Waals surface area contributed by atoms with Crippen LogP contribution in [0.3, 0.4) is 0 Å². The van der Waals surface area contributed by atoms with Crippen molar-refractivity contribution >= 4 is 6.08 Å². The Morgan fingerprint density at radius 2 is 2.40 bits per heavy atom. The van der Waals surface area contributed by atoms with Crippen molar-refractivity contribution in [3.05, 3.63) is 35.7 Å². The third-order valence-corrected chi connectivity index (χ3v) is 1.51. The molecule has 2 heteroatoms. The Bertz CT molecular complexity index is 283. The highest BCUT2D eigenvalue weighted by Gasteiger charge is 2.03. The van der Waals surface area contributed by atoms with Gasteiger partial charge in [0.2, 0.25) is 0 Å². The summed E-state index contributed by atoms with van der Waals surface area (Å²) >= 11 is 0. The van der Waals surface area contributed by atoms with Crippen LogP contribution in [0.4, 0.5) is 0 Å². The van der Waals surface area contributed by atoms with Gasteiger partial charge in [0.25, 0.3) is 0 Å². The van der Waals surface area contributed by atoms with Gasteiger partial charge in [-0.3, -0.25) is 0 Å². The molecule has 1 aliphatic rings. The molecule has 0 bridgehead atoms. The van der Waals surface area contributed by atoms with Crippen LogP contribution >= 0.6 is 0 Å². The average Bonchev–Trinajstić information content (AvgIpc) is 2.28. The van der Waals surface area contributed by atoms with Crippen LogP contribution in [0.2, 0.25) is 0 Å². The lowest BCUT2D eigenvalue weighted by Crippen LogP contribution is -1.76. The normalized spacial score (nSPS) is 14.8. The van der Waals surface area contributed by atoms with Crippen molar-refractivity contribution in [2.24, 2.45) is 0 Å². The predicted octanol–water partition coefficient (Wildman–Crippen LogP) is 1.80. The number of fused-ring (bicyclic) bond motifs is 1. The molecule has 0 unspecified atom stereocenters. The van der Waals surface area contributed by atoms with Gasteiger partial charge < -0.3 is 4.52 Å². The molecule has 0 fully saturated rings. The summed E-state index contributed by atoms with van der Waals surface area (Å²) in [5.41, 5.74) is 1.16. The molecule has 10 heavy (non-hydrogen) atoms. The van der Waals surface area contributed by atoms with E-state index in [4.69, 9.17) is 4.52 Å². The molecule has 1 aromatic heterocycles. The molecule has 2 rings (SSSR count). The topological polar surface area (TPSA) is 26.0 Å². The number of allylic oxidation sites excluding steroid dienone is 3. The summed E-state index contributed by atoms with van der Waals surface area (Å²) in [6.07, 6.45) is 10.7. The van der Waals surface area contributed by atoms with Crippen LogP contribution in [0.1, 0.15) is 11.3 Å². The van der Waals surface area contributed by atoms with Crippen LogP contribution in [0, 0.1) is 0 Å². The molecule has 0 spiro atoms. The van der Waals surface area contributed by atoms with Crippen molar-refractivity contribution in [1.29, 1.82) is 0 Å². The van der Waals surface area contributed by atoms with Gasteiger partial charge in [-0.05, 0) is 12.5 Å². The first kappa shape index (κ1) is 5.47. The molecule has 0 aliphatic heterocycles. The molecule has 1 aromatic rings. The third kappa shape index (κ3) is 0.778. The second kappa shape index (κ2) is 2.14. The molecule has 0 radical (unpaired) electrons.